The molecule has 2 nitrogen and oxygen atoms in total. The normalized spacial score (nSPS) is 26.5. The van der Waals surface area contributed by atoms with Crippen LogP contribution < -0.4 is 10.6 Å². The Bertz CT molecular complexity index is 553. The topological polar surface area (TPSA) is 24.1 Å². The molecule has 0 radical (unpaired) electrons. The van der Waals surface area contributed by atoms with Crippen LogP contribution in [0.25, 0.3) is 0 Å². The maximum Gasteiger partial charge on any atom is 0.0613 e. The molecule has 1 aliphatic heterocycles. The predicted molar refractivity (Wildman–Crippen MR) is 79.1 cm³/mol. The Balaban J connectivity index is 2.00. The van der Waals surface area contributed by atoms with E-state index in [1.54, 1.807) is 0 Å². The number of hydrogen-bond donors (Lipinski definition) is 2. The number of benzene rings is 2. The molecule has 0 spiro atoms. The van der Waals surface area contributed by atoms with E-state index in [0.29, 0.717) is 0 Å². The molecule has 2 atom stereocenters. The third-order valence-electron chi connectivity index (χ3n) is 3.92. The van der Waals surface area contributed by atoms with Gasteiger partial charge >= 0.3 is 0 Å². The van der Waals surface area contributed by atoms with E-state index in [-0.39, 0.29) is 11.6 Å². The lowest BCUT2D eigenvalue weighted by Crippen LogP contribution is -2.38. The van der Waals surface area contributed by atoms with Crippen LogP contribution in [0.1, 0.15) is 24.1 Å². The molecule has 98 valence electrons. The molecular formula is C16H17ClN2. The molecule has 2 aromatic carbocycles. The molecule has 3 heteroatoms. The second-order valence-electron chi connectivity index (χ2n) is 5.11. The van der Waals surface area contributed by atoms with E-state index in [9.17, 15) is 0 Å². The summed E-state index contributed by atoms with van der Waals surface area (Å²) >= 11 is 5.98. The van der Waals surface area contributed by atoms with E-state index in [4.69, 9.17) is 11.6 Å². The van der Waals surface area contributed by atoms with Gasteiger partial charge < -0.3 is 0 Å². The summed E-state index contributed by atoms with van der Waals surface area (Å²) in [5, 5.41) is 7.87. The zero-order chi connectivity index (χ0) is 13.3. The smallest absolute Gasteiger partial charge is 0.0613 e. The van der Waals surface area contributed by atoms with Gasteiger partial charge in [-0.1, -0.05) is 54.1 Å². The van der Waals surface area contributed by atoms with Crippen molar-refractivity contribution in [2.75, 3.05) is 6.67 Å². The molecule has 0 bridgehead atoms. The van der Waals surface area contributed by atoms with Gasteiger partial charge in [-0.15, -0.1) is 0 Å². The van der Waals surface area contributed by atoms with Gasteiger partial charge in [0.25, 0.3) is 0 Å². The first-order valence-corrected chi connectivity index (χ1v) is 6.87. The van der Waals surface area contributed by atoms with Gasteiger partial charge in [0.1, 0.15) is 0 Å². The quantitative estimate of drug-likeness (QED) is 0.875. The predicted octanol–water partition coefficient (Wildman–Crippen LogP) is 3.45. The van der Waals surface area contributed by atoms with Gasteiger partial charge in [0, 0.05) is 11.7 Å². The van der Waals surface area contributed by atoms with Crippen LogP contribution in [0.5, 0.6) is 0 Å². The molecule has 19 heavy (non-hydrogen) atoms. The van der Waals surface area contributed by atoms with Crippen LogP contribution in [-0.2, 0) is 5.54 Å². The summed E-state index contributed by atoms with van der Waals surface area (Å²) in [6.45, 7) is 3.03. The Morgan fingerprint density at radius 2 is 1.74 bits per heavy atom. The first-order valence-electron chi connectivity index (χ1n) is 6.49. The summed E-state index contributed by atoms with van der Waals surface area (Å²) in [6, 6.07) is 18.9. The highest BCUT2D eigenvalue weighted by Gasteiger charge is 2.40. The van der Waals surface area contributed by atoms with Crippen molar-refractivity contribution in [3.8, 4) is 0 Å². The van der Waals surface area contributed by atoms with E-state index in [1.807, 2.05) is 18.2 Å². The highest BCUT2D eigenvalue weighted by Crippen LogP contribution is 2.37. The first-order chi connectivity index (χ1) is 9.20. The van der Waals surface area contributed by atoms with Crippen molar-refractivity contribution in [2.24, 2.45) is 0 Å². The Hall–Kier alpha value is -1.35. The summed E-state index contributed by atoms with van der Waals surface area (Å²) in [7, 11) is 0. The second-order valence-corrected chi connectivity index (χ2v) is 5.55. The molecule has 1 fully saturated rings. The lowest BCUT2D eigenvalue weighted by molar-refractivity contribution is 0.375. The Labute approximate surface area is 118 Å². The zero-order valence-electron chi connectivity index (χ0n) is 10.9. The number of halogens is 1. The maximum atomic E-state index is 5.98. The monoisotopic (exact) mass is 272 g/mol. The Morgan fingerprint density at radius 3 is 2.42 bits per heavy atom. The van der Waals surface area contributed by atoms with E-state index in [2.05, 4.69) is 54.0 Å². The fourth-order valence-corrected chi connectivity index (χ4v) is 2.93. The summed E-state index contributed by atoms with van der Waals surface area (Å²) in [5.74, 6) is 0. The van der Waals surface area contributed by atoms with Crippen LogP contribution in [0.15, 0.2) is 54.6 Å². The van der Waals surface area contributed by atoms with E-state index in [1.165, 1.54) is 11.1 Å². The molecule has 3 rings (SSSR count). The minimum absolute atomic E-state index is 0.119. The minimum atomic E-state index is -0.119. The fourth-order valence-electron chi connectivity index (χ4n) is 2.80. The van der Waals surface area contributed by atoms with Crippen molar-refractivity contribution in [3.63, 3.8) is 0 Å². The average Bonchev–Trinajstić information content (AvgIpc) is 2.84. The zero-order valence-corrected chi connectivity index (χ0v) is 11.6. The molecule has 0 amide bonds. The Morgan fingerprint density at radius 1 is 1.05 bits per heavy atom. The summed E-state index contributed by atoms with van der Waals surface area (Å²) in [6.07, 6.45) is 0. The molecular weight excluding hydrogens is 256 g/mol. The first kappa shape index (κ1) is 12.7. The van der Waals surface area contributed by atoms with Crippen LogP contribution in [0, 0.1) is 0 Å². The largest absolute Gasteiger partial charge is 0.296 e. The third kappa shape index (κ3) is 2.27. The molecule has 0 aromatic heterocycles. The maximum absolute atomic E-state index is 5.98. The molecule has 2 N–H and O–H groups in total. The molecule has 0 aliphatic carbocycles. The minimum Gasteiger partial charge on any atom is -0.296 e. The van der Waals surface area contributed by atoms with Crippen LogP contribution in [-0.4, -0.2) is 6.67 Å². The number of rotatable bonds is 2. The number of hydrogen-bond acceptors (Lipinski definition) is 2. The second kappa shape index (κ2) is 4.97. The van der Waals surface area contributed by atoms with Gasteiger partial charge in [0.05, 0.1) is 11.6 Å². The third-order valence-corrected chi connectivity index (χ3v) is 4.17. The van der Waals surface area contributed by atoms with Crippen molar-refractivity contribution < 1.29 is 0 Å². The fraction of sp³-hybridized carbons (Fsp3) is 0.250. The number of nitrogens with one attached hydrogen (secondary N) is 2. The Kier molecular flexibility index (Phi) is 3.31. The van der Waals surface area contributed by atoms with Crippen molar-refractivity contribution in [2.45, 2.75) is 18.5 Å². The van der Waals surface area contributed by atoms with Gasteiger partial charge in [0.15, 0.2) is 0 Å². The van der Waals surface area contributed by atoms with Gasteiger partial charge in [-0.05, 0) is 30.2 Å². The van der Waals surface area contributed by atoms with Crippen LogP contribution in [0.4, 0.5) is 0 Å². The highest BCUT2D eigenvalue weighted by atomic mass is 35.5. The molecule has 1 saturated heterocycles. The van der Waals surface area contributed by atoms with Crippen molar-refractivity contribution in [1.29, 1.82) is 0 Å². The van der Waals surface area contributed by atoms with Crippen LogP contribution in [0.3, 0.4) is 0 Å². The molecule has 2 aromatic rings. The standard InChI is InChI=1S/C16H17ClN2/c1-16(13-7-9-14(17)10-8-13)15(18-11-19-16)12-5-3-2-4-6-12/h2-10,15,18-19H,11H2,1H3. The highest BCUT2D eigenvalue weighted by molar-refractivity contribution is 6.30. The summed E-state index contributed by atoms with van der Waals surface area (Å²) < 4.78 is 0. The molecule has 0 saturated carbocycles. The van der Waals surface area contributed by atoms with Crippen molar-refractivity contribution in [1.82, 2.24) is 10.6 Å². The van der Waals surface area contributed by atoms with Crippen molar-refractivity contribution in [3.05, 3.63) is 70.7 Å². The van der Waals surface area contributed by atoms with E-state index in [0.717, 1.165) is 11.7 Å². The molecule has 1 heterocycles. The summed E-state index contributed by atoms with van der Waals surface area (Å²) in [4.78, 5) is 0. The van der Waals surface area contributed by atoms with Gasteiger partial charge in [-0.2, -0.15) is 0 Å². The van der Waals surface area contributed by atoms with Crippen LogP contribution >= 0.6 is 11.6 Å². The summed E-state index contributed by atoms with van der Waals surface area (Å²) in [5.41, 5.74) is 2.42. The van der Waals surface area contributed by atoms with E-state index < -0.39 is 0 Å². The lowest BCUT2D eigenvalue weighted by atomic mass is 9.82. The molecule has 2 unspecified atom stereocenters. The van der Waals surface area contributed by atoms with Crippen molar-refractivity contribution >= 4 is 11.6 Å². The van der Waals surface area contributed by atoms with Gasteiger partial charge in [0.2, 0.25) is 0 Å². The van der Waals surface area contributed by atoms with Crippen LogP contribution in [0.2, 0.25) is 5.02 Å². The SMILES string of the molecule is CC1(c2ccc(Cl)cc2)NCNC1c1ccccc1. The average molecular weight is 273 g/mol. The molecule has 1 aliphatic rings. The van der Waals surface area contributed by atoms with E-state index >= 15 is 0 Å². The lowest BCUT2D eigenvalue weighted by Gasteiger charge is -2.32. The van der Waals surface area contributed by atoms with Gasteiger partial charge in [-0.25, -0.2) is 0 Å². The van der Waals surface area contributed by atoms with Gasteiger partial charge in [-0.3, -0.25) is 10.6 Å².